The van der Waals surface area contributed by atoms with Gasteiger partial charge in [-0.1, -0.05) is 189 Å². The Labute approximate surface area is 433 Å². The van der Waals surface area contributed by atoms with E-state index in [1.165, 1.54) is 57.8 Å². The van der Waals surface area contributed by atoms with Crippen LogP contribution in [0.3, 0.4) is 0 Å². The molecule has 12 atom stereocenters. The molecule has 1 amide bonds. The molecule has 14 nitrogen and oxygen atoms in total. The molecule has 2 aliphatic heterocycles. The molecule has 2 saturated heterocycles. The summed E-state index contributed by atoms with van der Waals surface area (Å²) in [5.74, 6) is -0.243. The molecule has 72 heavy (non-hydrogen) atoms. The van der Waals surface area contributed by atoms with E-state index in [2.05, 4.69) is 104 Å². The number of unbranched alkanes of at least 4 members (excludes halogenated alkanes) is 15. The van der Waals surface area contributed by atoms with Gasteiger partial charge in [-0.25, -0.2) is 0 Å². The lowest BCUT2D eigenvalue weighted by molar-refractivity contribution is -0.359. The maximum atomic E-state index is 13.2. The van der Waals surface area contributed by atoms with Gasteiger partial charge in [0.15, 0.2) is 12.6 Å². The summed E-state index contributed by atoms with van der Waals surface area (Å²) in [5, 5.41) is 87.0. The van der Waals surface area contributed by atoms with Crippen molar-refractivity contribution in [2.24, 2.45) is 0 Å². The minimum atomic E-state index is -1.79. The maximum absolute atomic E-state index is 13.2. The van der Waals surface area contributed by atoms with E-state index in [0.29, 0.717) is 12.8 Å². The lowest BCUT2D eigenvalue weighted by Crippen LogP contribution is -2.65. The Bertz CT molecular complexity index is 1530. The van der Waals surface area contributed by atoms with Gasteiger partial charge in [-0.05, 0) is 70.6 Å². The van der Waals surface area contributed by atoms with Crippen LogP contribution in [-0.2, 0) is 23.7 Å². The highest BCUT2D eigenvalue weighted by molar-refractivity contribution is 5.76. The summed E-state index contributed by atoms with van der Waals surface area (Å²) in [6, 6.07) is -0.851. The van der Waals surface area contributed by atoms with E-state index in [-0.39, 0.29) is 18.9 Å². The minimum absolute atomic E-state index is 0.243. The molecule has 0 spiro atoms. The highest BCUT2D eigenvalue weighted by Gasteiger charge is 2.51. The van der Waals surface area contributed by atoms with Gasteiger partial charge in [0.1, 0.15) is 48.8 Å². The van der Waals surface area contributed by atoms with Crippen molar-refractivity contribution < 1.29 is 64.6 Å². The van der Waals surface area contributed by atoms with Crippen LogP contribution in [0.15, 0.2) is 85.1 Å². The van der Waals surface area contributed by atoms with Crippen molar-refractivity contribution in [3.63, 3.8) is 0 Å². The van der Waals surface area contributed by atoms with Crippen LogP contribution in [0.25, 0.3) is 0 Å². The van der Waals surface area contributed by atoms with E-state index in [1.807, 2.05) is 0 Å². The van der Waals surface area contributed by atoms with E-state index in [9.17, 15) is 45.6 Å². The second kappa shape index (κ2) is 43.4. The Kier molecular flexibility index (Phi) is 39.4. The topological polar surface area (TPSA) is 228 Å². The van der Waals surface area contributed by atoms with Gasteiger partial charge in [0.05, 0.1) is 32.0 Å². The van der Waals surface area contributed by atoms with Gasteiger partial charge >= 0.3 is 0 Å². The maximum Gasteiger partial charge on any atom is 0.220 e. The normalized spacial score (nSPS) is 26.2. The monoisotopic (exact) mass is 1020 g/mol. The van der Waals surface area contributed by atoms with Crippen LogP contribution < -0.4 is 5.32 Å². The average Bonchev–Trinajstić information content (AvgIpc) is 3.38. The van der Waals surface area contributed by atoms with E-state index in [0.717, 1.165) is 89.9 Å². The molecule has 2 heterocycles. The first-order valence-electron chi connectivity index (χ1n) is 27.8. The highest BCUT2D eigenvalue weighted by Crippen LogP contribution is 2.30. The summed E-state index contributed by atoms with van der Waals surface area (Å²) in [7, 11) is 0. The summed E-state index contributed by atoms with van der Waals surface area (Å²) in [5.41, 5.74) is 0. The van der Waals surface area contributed by atoms with E-state index >= 15 is 0 Å². The summed E-state index contributed by atoms with van der Waals surface area (Å²) < 4.78 is 22.8. The van der Waals surface area contributed by atoms with Gasteiger partial charge in [-0.3, -0.25) is 4.79 Å². The lowest BCUT2D eigenvalue weighted by atomic mass is 9.97. The fourth-order valence-corrected chi connectivity index (χ4v) is 8.63. The molecular formula is C58H99NO13. The predicted molar refractivity (Wildman–Crippen MR) is 286 cm³/mol. The standard InChI is InChI=1S/C58H99NO13/c1-3-5-7-9-11-13-15-17-18-19-20-21-22-23-24-25-26-27-28-30-32-34-36-38-40-42-50(63)59-46(47(62)41-39-37-35-33-31-29-16-14-12-10-8-6-4-2)45-69-57-55(68)53(66)56(49(44-61)71-57)72-58-54(67)52(65)51(64)48(43-60)70-58/h5,7,11,13,17-18,20-21,23-24,26-27,30,32,46-49,51-58,60-62,64-68H,3-4,6,8-10,12,14-16,19,22,25,28-29,31,33-45H2,1-2H3,(H,59,63)/b7-5-,13-11-,18-17-,21-20-,24-23-,27-26-,32-30-. The molecular weight excluding hydrogens is 919 g/mol. The first-order chi connectivity index (χ1) is 35.1. The minimum Gasteiger partial charge on any atom is -0.394 e. The van der Waals surface area contributed by atoms with Gasteiger partial charge in [0.2, 0.25) is 5.91 Å². The fraction of sp³-hybridized carbons (Fsp3) is 0.741. The molecule has 0 radical (unpaired) electrons. The van der Waals surface area contributed by atoms with Crippen LogP contribution in [0.5, 0.6) is 0 Å². The van der Waals surface area contributed by atoms with Crippen molar-refractivity contribution in [2.75, 3.05) is 19.8 Å². The first-order valence-corrected chi connectivity index (χ1v) is 27.8. The van der Waals surface area contributed by atoms with Crippen LogP contribution in [0.2, 0.25) is 0 Å². The van der Waals surface area contributed by atoms with Crippen molar-refractivity contribution >= 4 is 5.91 Å². The first kappa shape index (κ1) is 65.3. The summed E-state index contributed by atoms with van der Waals surface area (Å²) in [6.07, 6.45) is 40.1. The molecule has 9 N–H and O–H groups in total. The van der Waals surface area contributed by atoms with Gasteiger partial charge < -0.3 is 65.1 Å². The number of carbonyl (C=O) groups is 1. The smallest absolute Gasteiger partial charge is 0.220 e. The zero-order valence-corrected chi connectivity index (χ0v) is 44.1. The van der Waals surface area contributed by atoms with Gasteiger partial charge in [0.25, 0.3) is 0 Å². The molecule has 0 aliphatic carbocycles. The molecule has 2 fully saturated rings. The summed E-state index contributed by atoms with van der Waals surface area (Å²) in [4.78, 5) is 13.2. The summed E-state index contributed by atoms with van der Waals surface area (Å²) >= 11 is 0. The van der Waals surface area contributed by atoms with Crippen molar-refractivity contribution in [2.45, 2.75) is 254 Å². The van der Waals surface area contributed by atoms with E-state index in [1.54, 1.807) is 0 Å². The molecule has 0 aromatic rings. The molecule has 0 aromatic carbocycles. The fourth-order valence-electron chi connectivity index (χ4n) is 8.63. The zero-order valence-electron chi connectivity index (χ0n) is 44.1. The van der Waals surface area contributed by atoms with Crippen LogP contribution in [0, 0.1) is 0 Å². The largest absolute Gasteiger partial charge is 0.394 e. The number of allylic oxidation sites excluding steroid dienone is 14. The Morgan fingerprint density at radius 3 is 1.46 bits per heavy atom. The third-order valence-corrected chi connectivity index (χ3v) is 13.1. The van der Waals surface area contributed by atoms with Crippen LogP contribution >= 0.6 is 0 Å². The second-order valence-corrected chi connectivity index (χ2v) is 19.3. The van der Waals surface area contributed by atoms with Crippen LogP contribution in [0.4, 0.5) is 0 Å². The third kappa shape index (κ3) is 29.3. The number of nitrogens with one attached hydrogen (secondary N) is 1. The van der Waals surface area contributed by atoms with Crippen LogP contribution in [-0.4, -0.2) is 140 Å². The molecule has 0 aromatic heterocycles. The van der Waals surface area contributed by atoms with Crippen molar-refractivity contribution in [1.29, 1.82) is 0 Å². The van der Waals surface area contributed by atoms with Gasteiger partial charge in [-0.15, -0.1) is 0 Å². The number of hydrogen-bond acceptors (Lipinski definition) is 13. The molecule has 2 rings (SSSR count). The molecule has 0 saturated carbocycles. The molecule has 2 aliphatic rings. The quantitative estimate of drug-likeness (QED) is 0.0207. The van der Waals surface area contributed by atoms with Gasteiger partial charge in [0, 0.05) is 6.42 Å². The Balaban J connectivity index is 1.79. The lowest BCUT2D eigenvalue weighted by Gasteiger charge is -2.46. The third-order valence-electron chi connectivity index (χ3n) is 13.1. The summed E-state index contributed by atoms with van der Waals surface area (Å²) in [6.45, 7) is 2.70. The number of ether oxygens (including phenoxy) is 4. The number of carbonyl (C=O) groups excluding carboxylic acids is 1. The molecule has 12 unspecified atom stereocenters. The van der Waals surface area contributed by atoms with Crippen molar-refractivity contribution in [1.82, 2.24) is 5.32 Å². The number of aliphatic hydroxyl groups is 8. The predicted octanol–water partition coefficient (Wildman–Crippen LogP) is 8.55. The highest BCUT2D eigenvalue weighted by atomic mass is 16.7. The Hall–Kier alpha value is -2.83. The van der Waals surface area contributed by atoms with Crippen molar-refractivity contribution in [3.05, 3.63) is 85.1 Å². The van der Waals surface area contributed by atoms with Gasteiger partial charge in [-0.2, -0.15) is 0 Å². The van der Waals surface area contributed by atoms with Crippen LogP contribution in [0.1, 0.15) is 181 Å². The molecule has 14 heteroatoms. The number of amides is 1. The zero-order chi connectivity index (χ0) is 52.4. The second-order valence-electron chi connectivity index (χ2n) is 19.3. The average molecular weight is 1020 g/mol. The molecule has 414 valence electrons. The Morgan fingerprint density at radius 1 is 0.514 bits per heavy atom. The van der Waals surface area contributed by atoms with E-state index in [4.69, 9.17) is 18.9 Å². The van der Waals surface area contributed by atoms with Crippen molar-refractivity contribution in [3.8, 4) is 0 Å². The van der Waals surface area contributed by atoms with E-state index < -0.39 is 86.8 Å². The SMILES string of the molecule is CC/C=C\C/C=C\C/C=C\C/C=C\C/C=C\C/C=C\C/C=C\CCCCCC(=O)NC(COC1OC(CO)C(OC2OC(CO)C(O)C(O)C2O)C(O)C1O)C(O)CCCCCCCCCCCCCCC. The number of hydrogen-bond donors (Lipinski definition) is 9. The Morgan fingerprint density at radius 2 is 0.958 bits per heavy atom. The molecule has 0 bridgehead atoms. The number of aliphatic hydroxyl groups excluding tert-OH is 8. The number of rotatable bonds is 42.